The van der Waals surface area contributed by atoms with E-state index in [1.54, 1.807) is 12.3 Å². The second-order valence-corrected chi connectivity index (χ2v) is 2.97. The predicted octanol–water partition coefficient (Wildman–Crippen LogP) is -0.0550. The van der Waals surface area contributed by atoms with Crippen molar-refractivity contribution in [3.63, 3.8) is 0 Å². The Kier molecular flexibility index (Phi) is 4.09. The van der Waals surface area contributed by atoms with Crippen molar-refractivity contribution in [2.24, 2.45) is 5.84 Å². The summed E-state index contributed by atoms with van der Waals surface area (Å²) in [6, 6.07) is 1.91. The first-order chi connectivity index (χ1) is 6.76. The Labute approximate surface area is 82.5 Å². The van der Waals surface area contributed by atoms with Crippen LogP contribution in [-0.4, -0.2) is 27.7 Å². The third-order valence-corrected chi connectivity index (χ3v) is 1.74. The molecule has 5 N–H and O–H groups in total. The molecule has 1 atom stereocenters. The highest BCUT2D eigenvalue weighted by atomic mass is 16.3. The second-order valence-electron chi connectivity index (χ2n) is 2.97. The second kappa shape index (κ2) is 5.36. The number of aromatic nitrogens is 2. The van der Waals surface area contributed by atoms with E-state index in [1.807, 2.05) is 6.92 Å². The lowest BCUT2D eigenvalue weighted by atomic mass is 10.2. The minimum Gasteiger partial charge on any atom is -0.396 e. The van der Waals surface area contributed by atoms with E-state index in [2.05, 4.69) is 20.7 Å². The first kappa shape index (κ1) is 10.7. The van der Waals surface area contributed by atoms with Gasteiger partial charge in [0.05, 0.1) is 0 Å². The molecule has 0 aromatic carbocycles. The van der Waals surface area contributed by atoms with Gasteiger partial charge in [-0.1, -0.05) is 0 Å². The maximum absolute atomic E-state index is 8.71. The van der Waals surface area contributed by atoms with Gasteiger partial charge in [-0.05, 0) is 19.4 Å². The van der Waals surface area contributed by atoms with Crippen molar-refractivity contribution in [2.75, 3.05) is 17.3 Å². The van der Waals surface area contributed by atoms with Crippen molar-refractivity contribution < 1.29 is 5.11 Å². The fourth-order valence-electron chi connectivity index (χ4n) is 1.03. The number of hydrazine groups is 1. The van der Waals surface area contributed by atoms with Gasteiger partial charge < -0.3 is 10.4 Å². The Morgan fingerprint density at radius 3 is 3.07 bits per heavy atom. The quantitative estimate of drug-likeness (QED) is 0.390. The summed E-state index contributed by atoms with van der Waals surface area (Å²) >= 11 is 0. The lowest BCUT2D eigenvalue weighted by Crippen LogP contribution is -2.18. The van der Waals surface area contributed by atoms with Crippen LogP contribution in [0.25, 0.3) is 0 Å². The SMILES string of the molecule is CC(CCO)Nc1ccnc(NN)n1. The zero-order valence-electron chi connectivity index (χ0n) is 8.07. The number of nitrogens with one attached hydrogen (secondary N) is 2. The maximum Gasteiger partial charge on any atom is 0.239 e. The average molecular weight is 197 g/mol. The normalized spacial score (nSPS) is 12.2. The summed E-state index contributed by atoms with van der Waals surface area (Å²) in [6.45, 7) is 2.12. The van der Waals surface area contributed by atoms with Gasteiger partial charge in [0.25, 0.3) is 0 Å². The molecule has 78 valence electrons. The minimum atomic E-state index is 0.154. The number of nitrogen functional groups attached to an aromatic ring is 1. The molecule has 1 aromatic rings. The van der Waals surface area contributed by atoms with E-state index >= 15 is 0 Å². The summed E-state index contributed by atoms with van der Waals surface area (Å²) in [4.78, 5) is 7.95. The Bertz CT molecular complexity index is 280. The highest BCUT2D eigenvalue weighted by Crippen LogP contribution is 2.07. The van der Waals surface area contributed by atoms with E-state index in [4.69, 9.17) is 10.9 Å². The summed E-state index contributed by atoms with van der Waals surface area (Å²) < 4.78 is 0. The number of aliphatic hydroxyl groups excluding tert-OH is 1. The van der Waals surface area contributed by atoms with Crippen LogP contribution >= 0.6 is 0 Å². The molecule has 0 aliphatic carbocycles. The van der Waals surface area contributed by atoms with Crippen LogP contribution in [0.5, 0.6) is 0 Å². The first-order valence-electron chi connectivity index (χ1n) is 4.43. The zero-order chi connectivity index (χ0) is 10.4. The van der Waals surface area contributed by atoms with Crippen LogP contribution in [0.15, 0.2) is 12.3 Å². The van der Waals surface area contributed by atoms with Crippen LogP contribution in [0.4, 0.5) is 11.8 Å². The fourth-order valence-corrected chi connectivity index (χ4v) is 1.03. The monoisotopic (exact) mass is 197 g/mol. The Morgan fingerprint density at radius 1 is 1.64 bits per heavy atom. The van der Waals surface area contributed by atoms with E-state index in [0.29, 0.717) is 18.2 Å². The third-order valence-electron chi connectivity index (χ3n) is 1.74. The van der Waals surface area contributed by atoms with E-state index in [9.17, 15) is 0 Å². The molecule has 1 heterocycles. The molecule has 1 unspecified atom stereocenters. The van der Waals surface area contributed by atoms with Crippen molar-refractivity contribution in [1.82, 2.24) is 9.97 Å². The summed E-state index contributed by atoms with van der Waals surface area (Å²) in [5.74, 6) is 6.22. The van der Waals surface area contributed by atoms with Crippen LogP contribution in [0.1, 0.15) is 13.3 Å². The molecule has 0 spiro atoms. The van der Waals surface area contributed by atoms with Crippen LogP contribution < -0.4 is 16.6 Å². The highest BCUT2D eigenvalue weighted by molar-refractivity contribution is 5.39. The van der Waals surface area contributed by atoms with Gasteiger partial charge in [0, 0.05) is 18.8 Å². The van der Waals surface area contributed by atoms with Crippen molar-refractivity contribution in [3.05, 3.63) is 12.3 Å². The Balaban J connectivity index is 2.57. The van der Waals surface area contributed by atoms with Crippen molar-refractivity contribution in [3.8, 4) is 0 Å². The van der Waals surface area contributed by atoms with E-state index in [1.165, 1.54) is 0 Å². The number of nitrogens with zero attached hydrogens (tertiary/aromatic N) is 2. The van der Waals surface area contributed by atoms with Gasteiger partial charge in [-0.3, -0.25) is 5.43 Å². The summed E-state index contributed by atoms with van der Waals surface area (Å²) in [5, 5.41) is 11.8. The number of hydrogen-bond acceptors (Lipinski definition) is 6. The van der Waals surface area contributed by atoms with Crippen LogP contribution in [0.2, 0.25) is 0 Å². The predicted molar refractivity (Wildman–Crippen MR) is 54.6 cm³/mol. The summed E-state index contributed by atoms with van der Waals surface area (Å²) in [6.07, 6.45) is 2.28. The Hall–Kier alpha value is -1.40. The van der Waals surface area contributed by atoms with Gasteiger partial charge in [0.15, 0.2) is 0 Å². The Morgan fingerprint density at radius 2 is 2.43 bits per heavy atom. The van der Waals surface area contributed by atoms with Gasteiger partial charge in [0.1, 0.15) is 5.82 Å². The number of anilines is 2. The van der Waals surface area contributed by atoms with Crippen molar-refractivity contribution in [2.45, 2.75) is 19.4 Å². The molecule has 0 fully saturated rings. The molecule has 0 bridgehead atoms. The molecule has 0 aliphatic rings. The smallest absolute Gasteiger partial charge is 0.239 e. The lowest BCUT2D eigenvalue weighted by Gasteiger charge is -2.12. The summed E-state index contributed by atoms with van der Waals surface area (Å²) in [5.41, 5.74) is 2.36. The van der Waals surface area contributed by atoms with Gasteiger partial charge in [-0.2, -0.15) is 4.98 Å². The largest absolute Gasteiger partial charge is 0.396 e. The van der Waals surface area contributed by atoms with Gasteiger partial charge in [0.2, 0.25) is 5.95 Å². The van der Waals surface area contributed by atoms with E-state index < -0.39 is 0 Å². The summed E-state index contributed by atoms with van der Waals surface area (Å²) in [7, 11) is 0. The standard InChI is InChI=1S/C8H15N5O/c1-6(3-5-14)11-7-2-4-10-8(12-7)13-9/h2,4,6,14H,3,5,9H2,1H3,(H2,10,11,12,13). The maximum atomic E-state index is 8.71. The molecule has 0 saturated heterocycles. The van der Waals surface area contributed by atoms with Crippen LogP contribution in [0, 0.1) is 0 Å². The van der Waals surface area contributed by atoms with E-state index in [0.717, 1.165) is 0 Å². The molecule has 0 aliphatic heterocycles. The molecule has 14 heavy (non-hydrogen) atoms. The van der Waals surface area contributed by atoms with E-state index in [-0.39, 0.29) is 12.6 Å². The van der Waals surface area contributed by atoms with Crippen LogP contribution in [0.3, 0.4) is 0 Å². The molecule has 1 aromatic heterocycles. The molecule has 0 amide bonds. The number of nitrogens with two attached hydrogens (primary N) is 1. The molecule has 1 rings (SSSR count). The first-order valence-corrected chi connectivity index (χ1v) is 4.43. The van der Waals surface area contributed by atoms with Crippen LogP contribution in [-0.2, 0) is 0 Å². The molecule has 0 saturated carbocycles. The van der Waals surface area contributed by atoms with Gasteiger partial charge in [-0.15, -0.1) is 0 Å². The number of aliphatic hydroxyl groups is 1. The molecule has 6 nitrogen and oxygen atoms in total. The van der Waals surface area contributed by atoms with Crippen molar-refractivity contribution in [1.29, 1.82) is 0 Å². The third kappa shape index (κ3) is 3.15. The highest BCUT2D eigenvalue weighted by Gasteiger charge is 2.02. The number of hydrogen-bond donors (Lipinski definition) is 4. The van der Waals surface area contributed by atoms with Gasteiger partial charge in [-0.25, -0.2) is 10.8 Å². The van der Waals surface area contributed by atoms with Gasteiger partial charge >= 0.3 is 0 Å². The van der Waals surface area contributed by atoms with Crippen molar-refractivity contribution >= 4 is 11.8 Å². The lowest BCUT2D eigenvalue weighted by molar-refractivity contribution is 0.282. The topological polar surface area (TPSA) is 96.1 Å². The molecule has 0 radical (unpaired) electrons. The fraction of sp³-hybridized carbons (Fsp3) is 0.500. The zero-order valence-corrected chi connectivity index (χ0v) is 8.07. The molecular formula is C8H15N5O. The minimum absolute atomic E-state index is 0.154. The number of rotatable bonds is 5. The molecule has 6 heteroatoms. The molecular weight excluding hydrogens is 182 g/mol. The average Bonchev–Trinajstić information content (AvgIpc) is 2.18.